The summed E-state index contributed by atoms with van der Waals surface area (Å²) in [5, 5.41) is 12.0. The Kier molecular flexibility index (Phi) is 5.05. The van der Waals surface area contributed by atoms with Crippen LogP contribution in [-0.4, -0.2) is 17.1 Å². The van der Waals surface area contributed by atoms with Gasteiger partial charge in [-0.1, -0.05) is 19.8 Å². The van der Waals surface area contributed by atoms with E-state index >= 15 is 0 Å². The molecule has 1 atom stereocenters. The fourth-order valence-corrected chi connectivity index (χ4v) is 1.47. The van der Waals surface area contributed by atoms with E-state index in [1.807, 2.05) is 0 Å². The van der Waals surface area contributed by atoms with Gasteiger partial charge in [0.2, 0.25) is 0 Å². The Morgan fingerprint density at radius 1 is 1.62 bits per heavy atom. The van der Waals surface area contributed by atoms with Crippen molar-refractivity contribution in [1.82, 2.24) is 5.32 Å². The predicted octanol–water partition coefficient (Wildman–Crippen LogP) is 2.65. The highest BCUT2D eigenvalue weighted by Crippen LogP contribution is 2.08. The van der Waals surface area contributed by atoms with E-state index in [4.69, 9.17) is 9.52 Å². The molecule has 0 aliphatic carbocycles. The van der Waals surface area contributed by atoms with Crippen molar-refractivity contribution >= 4 is 5.97 Å². The highest BCUT2D eigenvalue weighted by atomic mass is 16.4. The lowest BCUT2D eigenvalue weighted by molar-refractivity contribution is 0.0696. The van der Waals surface area contributed by atoms with Crippen LogP contribution in [0.3, 0.4) is 0 Å². The zero-order valence-corrected chi connectivity index (χ0v) is 9.82. The van der Waals surface area contributed by atoms with Crippen molar-refractivity contribution in [2.24, 2.45) is 0 Å². The SMILES string of the molecule is CCCCC(C)NCc1cc(C(=O)O)co1. The number of carbonyl (C=O) groups is 1. The van der Waals surface area contributed by atoms with Crippen molar-refractivity contribution < 1.29 is 14.3 Å². The predicted molar refractivity (Wildman–Crippen MR) is 61.5 cm³/mol. The highest BCUT2D eigenvalue weighted by molar-refractivity contribution is 5.87. The number of carboxylic acid groups (broad SMARTS) is 1. The standard InChI is InChI=1S/C12H19NO3/c1-3-4-5-9(2)13-7-11-6-10(8-16-11)12(14)15/h6,8-9,13H,3-5,7H2,1-2H3,(H,14,15). The van der Waals surface area contributed by atoms with E-state index in [0.717, 1.165) is 6.42 Å². The van der Waals surface area contributed by atoms with E-state index in [1.54, 1.807) is 6.07 Å². The molecule has 0 fully saturated rings. The maximum Gasteiger partial charge on any atom is 0.338 e. The highest BCUT2D eigenvalue weighted by Gasteiger charge is 2.08. The van der Waals surface area contributed by atoms with Gasteiger partial charge < -0.3 is 14.8 Å². The largest absolute Gasteiger partial charge is 0.478 e. The van der Waals surface area contributed by atoms with E-state index in [9.17, 15) is 4.79 Å². The van der Waals surface area contributed by atoms with Crippen LogP contribution in [0.2, 0.25) is 0 Å². The topological polar surface area (TPSA) is 62.5 Å². The molecular formula is C12H19NO3. The third kappa shape index (κ3) is 4.06. The number of hydrogen-bond acceptors (Lipinski definition) is 3. The monoisotopic (exact) mass is 225 g/mol. The Morgan fingerprint density at radius 3 is 2.94 bits per heavy atom. The molecule has 4 heteroatoms. The van der Waals surface area contributed by atoms with E-state index in [0.29, 0.717) is 18.3 Å². The van der Waals surface area contributed by atoms with Gasteiger partial charge >= 0.3 is 5.97 Å². The van der Waals surface area contributed by atoms with Gasteiger partial charge in [-0.05, 0) is 19.4 Å². The molecule has 0 saturated heterocycles. The van der Waals surface area contributed by atoms with Crippen molar-refractivity contribution in [2.75, 3.05) is 0 Å². The van der Waals surface area contributed by atoms with Gasteiger partial charge in [0.25, 0.3) is 0 Å². The lowest BCUT2D eigenvalue weighted by Gasteiger charge is -2.11. The quantitative estimate of drug-likeness (QED) is 0.748. The van der Waals surface area contributed by atoms with Gasteiger partial charge in [0.1, 0.15) is 12.0 Å². The third-order valence-electron chi connectivity index (χ3n) is 2.52. The van der Waals surface area contributed by atoms with Gasteiger partial charge in [-0.15, -0.1) is 0 Å². The summed E-state index contributed by atoms with van der Waals surface area (Å²) in [5.74, 6) is -0.283. The fraction of sp³-hybridized carbons (Fsp3) is 0.583. The molecular weight excluding hydrogens is 206 g/mol. The summed E-state index contributed by atoms with van der Waals surface area (Å²) in [6.07, 6.45) is 4.79. The van der Waals surface area contributed by atoms with E-state index in [1.165, 1.54) is 19.1 Å². The second-order valence-electron chi connectivity index (χ2n) is 4.03. The Hall–Kier alpha value is -1.29. The van der Waals surface area contributed by atoms with Crippen LogP contribution in [0.4, 0.5) is 0 Å². The van der Waals surface area contributed by atoms with Crippen LogP contribution < -0.4 is 5.32 Å². The zero-order valence-electron chi connectivity index (χ0n) is 9.82. The molecule has 0 aliphatic rings. The van der Waals surface area contributed by atoms with Crippen LogP contribution in [0.1, 0.15) is 49.2 Å². The van der Waals surface area contributed by atoms with Crippen LogP contribution in [0.25, 0.3) is 0 Å². The second-order valence-corrected chi connectivity index (χ2v) is 4.03. The molecule has 1 aromatic heterocycles. The average molecular weight is 225 g/mol. The number of rotatable bonds is 7. The first-order valence-corrected chi connectivity index (χ1v) is 5.67. The van der Waals surface area contributed by atoms with Crippen molar-refractivity contribution in [1.29, 1.82) is 0 Å². The number of aromatic carboxylic acids is 1. The Bertz CT molecular complexity index is 333. The average Bonchev–Trinajstić information content (AvgIpc) is 2.72. The Labute approximate surface area is 95.7 Å². The van der Waals surface area contributed by atoms with E-state index in [2.05, 4.69) is 19.2 Å². The first-order valence-electron chi connectivity index (χ1n) is 5.67. The summed E-state index contributed by atoms with van der Waals surface area (Å²) in [6.45, 7) is 4.87. The normalized spacial score (nSPS) is 12.6. The molecule has 1 rings (SSSR count). The maximum absolute atomic E-state index is 10.6. The van der Waals surface area contributed by atoms with Gasteiger partial charge in [0.15, 0.2) is 0 Å². The zero-order chi connectivity index (χ0) is 12.0. The minimum atomic E-state index is -0.950. The Morgan fingerprint density at radius 2 is 2.38 bits per heavy atom. The summed E-state index contributed by atoms with van der Waals surface area (Å²) in [6, 6.07) is 1.99. The number of hydrogen-bond donors (Lipinski definition) is 2. The molecule has 1 heterocycles. The molecule has 0 spiro atoms. The summed E-state index contributed by atoms with van der Waals surface area (Å²) in [5.41, 5.74) is 0.206. The minimum Gasteiger partial charge on any atom is -0.478 e. The van der Waals surface area contributed by atoms with Crippen molar-refractivity contribution in [3.63, 3.8) is 0 Å². The first-order chi connectivity index (χ1) is 7.63. The third-order valence-corrected chi connectivity index (χ3v) is 2.52. The fourth-order valence-electron chi connectivity index (χ4n) is 1.47. The van der Waals surface area contributed by atoms with Gasteiger partial charge in [-0.2, -0.15) is 0 Å². The van der Waals surface area contributed by atoms with Crippen molar-refractivity contribution in [2.45, 2.75) is 45.7 Å². The van der Waals surface area contributed by atoms with Crippen molar-refractivity contribution in [3.05, 3.63) is 23.7 Å². The summed E-state index contributed by atoms with van der Waals surface area (Å²) in [7, 11) is 0. The van der Waals surface area contributed by atoms with E-state index in [-0.39, 0.29) is 5.56 Å². The molecule has 0 aliphatic heterocycles. The smallest absolute Gasteiger partial charge is 0.338 e. The number of unbranched alkanes of at least 4 members (excludes halogenated alkanes) is 1. The van der Waals surface area contributed by atoms with Crippen molar-refractivity contribution in [3.8, 4) is 0 Å². The second kappa shape index (κ2) is 6.33. The molecule has 0 bridgehead atoms. The molecule has 1 aromatic rings. The van der Waals surface area contributed by atoms with Crippen LogP contribution in [-0.2, 0) is 6.54 Å². The van der Waals surface area contributed by atoms with Gasteiger partial charge in [0.05, 0.1) is 12.1 Å². The summed E-state index contributed by atoms with van der Waals surface area (Å²) in [4.78, 5) is 10.6. The molecule has 0 amide bonds. The van der Waals surface area contributed by atoms with Crippen LogP contribution in [0.15, 0.2) is 16.7 Å². The lowest BCUT2D eigenvalue weighted by Crippen LogP contribution is -2.25. The summed E-state index contributed by atoms with van der Waals surface area (Å²) < 4.78 is 5.14. The van der Waals surface area contributed by atoms with Gasteiger partial charge in [-0.25, -0.2) is 4.79 Å². The summed E-state index contributed by atoms with van der Waals surface area (Å²) >= 11 is 0. The molecule has 1 unspecified atom stereocenters. The lowest BCUT2D eigenvalue weighted by atomic mass is 10.1. The number of carboxylic acids is 1. The first kappa shape index (κ1) is 12.8. The van der Waals surface area contributed by atoms with E-state index < -0.39 is 5.97 Å². The number of furan rings is 1. The molecule has 90 valence electrons. The van der Waals surface area contributed by atoms with Gasteiger partial charge in [0, 0.05) is 6.04 Å². The molecule has 0 saturated carbocycles. The minimum absolute atomic E-state index is 0.206. The molecule has 4 nitrogen and oxygen atoms in total. The molecule has 16 heavy (non-hydrogen) atoms. The Balaban J connectivity index is 2.33. The maximum atomic E-state index is 10.6. The molecule has 0 radical (unpaired) electrons. The molecule has 0 aromatic carbocycles. The molecule has 2 N–H and O–H groups in total. The number of nitrogens with one attached hydrogen (secondary N) is 1. The van der Waals surface area contributed by atoms with Crippen LogP contribution >= 0.6 is 0 Å². The van der Waals surface area contributed by atoms with Crippen LogP contribution in [0, 0.1) is 0 Å². The van der Waals surface area contributed by atoms with Gasteiger partial charge in [-0.3, -0.25) is 0 Å². The van der Waals surface area contributed by atoms with Crippen LogP contribution in [0.5, 0.6) is 0 Å².